The summed E-state index contributed by atoms with van der Waals surface area (Å²) in [4.78, 5) is 14.9. The number of carbonyl (C=O) groups excluding carboxylic acids is 1. The Morgan fingerprint density at radius 1 is 1.36 bits per heavy atom. The van der Waals surface area contributed by atoms with E-state index < -0.39 is 0 Å². The second kappa shape index (κ2) is 5.26. The first-order chi connectivity index (χ1) is 10.7. The zero-order chi connectivity index (χ0) is 15.1. The third-order valence-corrected chi connectivity index (χ3v) is 4.87. The summed E-state index contributed by atoms with van der Waals surface area (Å²) in [5.74, 6) is 0.395. The fourth-order valence-electron chi connectivity index (χ4n) is 3.62. The van der Waals surface area contributed by atoms with E-state index in [0.717, 1.165) is 38.0 Å². The van der Waals surface area contributed by atoms with Crippen LogP contribution >= 0.6 is 0 Å². The van der Waals surface area contributed by atoms with Crippen LogP contribution in [0.25, 0.3) is 10.9 Å². The summed E-state index contributed by atoms with van der Waals surface area (Å²) in [7, 11) is 0. The molecule has 22 heavy (non-hydrogen) atoms. The summed E-state index contributed by atoms with van der Waals surface area (Å²) in [6.07, 6.45) is 2.30. The largest absolute Gasteiger partial charge is 0.761 e. The van der Waals surface area contributed by atoms with Crippen molar-refractivity contribution < 1.29 is 4.79 Å². The number of amides is 1. The Morgan fingerprint density at radius 2 is 2.18 bits per heavy atom. The van der Waals surface area contributed by atoms with Crippen LogP contribution in [0, 0.1) is 11.1 Å². The van der Waals surface area contributed by atoms with E-state index in [0.29, 0.717) is 22.7 Å². The summed E-state index contributed by atoms with van der Waals surface area (Å²) in [5.41, 5.74) is 3.37. The smallest absolute Gasteiger partial charge is 0.272 e. The minimum Gasteiger partial charge on any atom is -0.761 e. The molecule has 4 heterocycles. The normalized spacial score (nSPS) is 27.0. The van der Waals surface area contributed by atoms with Gasteiger partial charge < -0.3 is 20.9 Å². The first-order valence-electron chi connectivity index (χ1n) is 7.64. The molecule has 7 heteroatoms. The molecule has 3 N–H and O–H groups in total. The van der Waals surface area contributed by atoms with Crippen molar-refractivity contribution in [2.24, 2.45) is 5.92 Å². The van der Waals surface area contributed by atoms with Gasteiger partial charge in [0.1, 0.15) is 0 Å². The van der Waals surface area contributed by atoms with Crippen LogP contribution in [0.15, 0.2) is 18.2 Å². The molecular weight excluding hydrogens is 282 g/mol. The minimum absolute atomic E-state index is 0.173. The fourth-order valence-corrected chi connectivity index (χ4v) is 3.62. The Morgan fingerprint density at radius 3 is 2.86 bits per heavy atom. The maximum Gasteiger partial charge on any atom is 0.272 e. The van der Waals surface area contributed by atoms with E-state index in [1.165, 1.54) is 0 Å². The Hall–Kier alpha value is -2.12. The first kappa shape index (κ1) is 13.5. The number of hydrogen-bond acceptors (Lipinski definition) is 5. The van der Waals surface area contributed by atoms with Gasteiger partial charge in [-0.3, -0.25) is 9.89 Å². The van der Waals surface area contributed by atoms with Gasteiger partial charge in [-0.15, -0.1) is 0 Å². The highest BCUT2D eigenvalue weighted by atomic mass is 16.5. The van der Waals surface area contributed by atoms with E-state index in [1.54, 1.807) is 18.2 Å². The van der Waals surface area contributed by atoms with Crippen LogP contribution in [0.3, 0.4) is 0 Å². The van der Waals surface area contributed by atoms with E-state index in [-0.39, 0.29) is 11.9 Å². The van der Waals surface area contributed by atoms with Crippen molar-refractivity contribution in [1.29, 1.82) is 0 Å². The van der Waals surface area contributed by atoms with Gasteiger partial charge in [0.05, 0.1) is 5.52 Å². The zero-order valence-corrected chi connectivity index (χ0v) is 12.1. The fraction of sp³-hybridized carbons (Fsp3) is 0.467. The minimum atomic E-state index is -0.173. The maximum absolute atomic E-state index is 12.6. The number of carbonyl (C=O) groups is 1. The topological polar surface area (TPSA) is 96.1 Å². The standard InChI is InChI=1S/C15H18N5O2/c21-15(16-13-8-20-5-3-9(13)4-6-20)14-11-7-10(19-22)1-2-12(11)17-18-14/h1-2,7,9,13,19H,3-6,8H2,(H,16,21)(H,17,18)/q-1/t13-/m0/s1. The zero-order valence-electron chi connectivity index (χ0n) is 12.1. The number of hydrogen-bond donors (Lipinski definition) is 3. The Bertz CT molecular complexity index is 705. The highest BCUT2D eigenvalue weighted by Gasteiger charge is 2.35. The third kappa shape index (κ3) is 2.22. The molecular formula is C15H18N5O2-. The van der Waals surface area contributed by atoms with E-state index in [1.807, 2.05) is 5.48 Å². The Balaban J connectivity index is 1.57. The monoisotopic (exact) mass is 300 g/mol. The van der Waals surface area contributed by atoms with Crippen molar-refractivity contribution in [1.82, 2.24) is 20.4 Å². The molecule has 3 fully saturated rings. The number of aromatic nitrogens is 2. The summed E-state index contributed by atoms with van der Waals surface area (Å²) >= 11 is 0. The molecule has 0 unspecified atom stereocenters. The SMILES string of the molecule is O=C(N[C@H]1CN2CCC1CC2)c1n[nH]c2ccc(N[O-])cc12. The van der Waals surface area contributed by atoms with Crippen molar-refractivity contribution >= 4 is 22.5 Å². The molecule has 1 aromatic heterocycles. The molecule has 2 aromatic rings. The molecule has 1 aromatic carbocycles. The van der Waals surface area contributed by atoms with Gasteiger partial charge in [0.15, 0.2) is 5.69 Å². The molecule has 5 rings (SSSR count). The number of anilines is 1. The molecule has 0 radical (unpaired) electrons. The average molecular weight is 300 g/mol. The van der Waals surface area contributed by atoms with Crippen molar-refractivity contribution in [2.45, 2.75) is 18.9 Å². The van der Waals surface area contributed by atoms with E-state index in [4.69, 9.17) is 0 Å². The molecule has 0 spiro atoms. The van der Waals surface area contributed by atoms with Gasteiger partial charge >= 0.3 is 0 Å². The van der Waals surface area contributed by atoms with Crippen LogP contribution in [0.2, 0.25) is 0 Å². The summed E-state index contributed by atoms with van der Waals surface area (Å²) in [6, 6.07) is 5.25. The molecule has 1 amide bonds. The summed E-state index contributed by atoms with van der Waals surface area (Å²) < 4.78 is 0. The molecule has 2 bridgehead atoms. The molecule has 7 nitrogen and oxygen atoms in total. The lowest BCUT2D eigenvalue weighted by atomic mass is 9.84. The van der Waals surface area contributed by atoms with Gasteiger partial charge in [-0.25, -0.2) is 0 Å². The molecule has 3 aliphatic heterocycles. The van der Waals surface area contributed by atoms with Gasteiger partial charge in [-0.1, -0.05) is 0 Å². The predicted molar refractivity (Wildman–Crippen MR) is 83.5 cm³/mol. The molecule has 0 aliphatic carbocycles. The second-order valence-corrected chi connectivity index (χ2v) is 6.15. The number of rotatable bonds is 3. The van der Waals surface area contributed by atoms with Gasteiger partial charge in [-0.05, 0) is 50.0 Å². The number of piperidine rings is 3. The second-order valence-electron chi connectivity index (χ2n) is 6.15. The van der Waals surface area contributed by atoms with Gasteiger partial charge in [0, 0.05) is 23.7 Å². The lowest BCUT2D eigenvalue weighted by molar-refractivity contribution is 0.0618. The average Bonchev–Trinajstić information content (AvgIpc) is 2.99. The van der Waals surface area contributed by atoms with Crippen LogP contribution in [0.4, 0.5) is 5.69 Å². The van der Waals surface area contributed by atoms with E-state index in [9.17, 15) is 10.0 Å². The number of nitrogens with zero attached hydrogens (tertiary/aromatic N) is 2. The first-order valence-corrected chi connectivity index (χ1v) is 7.64. The van der Waals surface area contributed by atoms with Crippen LogP contribution in [-0.2, 0) is 0 Å². The van der Waals surface area contributed by atoms with Crippen molar-refractivity contribution in [3.63, 3.8) is 0 Å². The summed E-state index contributed by atoms with van der Waals surface area (Å²) in [6.45, 7) is 3.20. The molecule has 116 valence electrons. The predicted octanol–water partition coefficient (Wildman–Crippen LogP) is 1.30. The third-order valence-electron chi connectivity index (χ3n) is 4.87. The highest BCUT2D eigenvalue weighted by molar-refractivity contribution is 6.05. The quantitative estimate of drug-likeness (QED) is 0.742. The lowest BCUT2D eigenvalue weighted by Crippen LogP contribution is -2.57. The van der Waals surface area contributed by atoms with Crippen LogP contribution in [0.1, 0.15) is 23.3 Å². The molecule has 3 aliphatic rings. The highest BCUT2D eigenvalue weighted by Crippen LogP contribution is 2.28. The summed E-state index contributed by atoms with van der Waals surface area (Å²) in [5, 5.41) is 21.5. The van der Waals surface area contributed by atoms with Gasteiger partial charge in [0.25, 0.3) is 5.91 Å². The lowest BCUT2D eigenvalue weighted by Gasteiger charge is -2.44. The maximum atomic E-state index is 12.6. The van der Waals surface area contributed by atoms with E-state index in [2.05, 4.69) is 20.4 Å². The number of fused-ring (bicyclic) bond motifs is 4. The van der Waals surface area contributed by atoms with Crippen molar-refractivity contribution in [2.75, 3.05) is 25.1 Å². The van der Waals surface area contributed by atoms with Crippen molar-refractivity contribution in [3.05, 3.63) is 29.1 Å². The van der Waals surface area contributed by atoms with Crippen LogP contribution in [0.5, 0.6) is 0 Å². The van der Waals surface area contributed by atoms with Crippen LogP contribution in [-0.4, -0.2) is 46.7 Å². The Labute approximate surface area is 127 Å². The van der Waals surface area contributed by atoms with E-state index >= 15 is 0 Å². The molecule has 1 atom stereocenters. The van der Waals surface area contributed by atoms with Crippen LogP contribution < -0.4 is 10.8 Å². The molecule has 0 saturated carbocycles. The number of nitrogens with one attached hydrogen (secondary N) is 3. The number of H-pyrrole nitrogens is 1. The van der Waals surface area contributed by atoms with Gasteiger partial charge in [-0.2, -0.15) is 5.10 Å². The number of benzene rings is 1. The van der Waals surface area contributed by atoms with Gasteiger partial charge in [0.2, 0.25) is 0 Å². The Kier molecular flexibility index (Phi) is 3.24. The molecule has 3 saturated heterocycles. The number of aromatic amines is 1. The van der Waals surface area contributed by atoms with Crippen molar-refractivity contribution in [3.8, 4) is 0 Å².